The summed E-state index contributed by atoms with van der Waals surface area (Å²) in [5, 5.41) is 13.6. The lowest BCUT2D eigenvalue weighted by atomic mass is 9.96. The minimum absolute atomic E-state index is 0.632. The summed E-state index contributed by atoms with van der Waals surface area (Å²) in [6.45, 7) is 3.54. The molecule has 2 nitrogen and oxygen atoms in total. The summed E-state index contributed by atoms with van der Waals surface area (Å²) >= 11 is 0. The van der Waals surface area contributed by atoms with E-state index in [0.29, 0.717) is 6.54 Å². The van der Waals surface area contributed by atoms with Crippen LogP contribution in [0, 0.1) is 5.92 Å². The fraction of sp³-hybridized carbons (Fsp3) is 0.538. The average molecular weight is 205 g/mol. The highest BCUT2D eigenvalue weighted by atomic mass is 16.3. The van der Waals surface area contributed by atoms with Crippen molar-refractivity contribution in [2.75, 3.05) is 13.1 Å². The molecule has 1 aromatic carbocycles. The van der Waals surface area contributed by atoms with E-state index in [-0.39, 0.29) is 0 Å². The van der Waals surface area contributed by atoms with Crippen LogP contribution in [0.4, 0.5) is 0 Å². The molecule has 1 unspecified atom stereocenters. The molecule has 0 bridgehead atoms. The Morgan fingerprint density at radius 2 is 2.00 bits per heavy atom. The molecule has 1 aliphatic carbocycles. The van der Waals surface area contributed by atoms with Crippen molar-refractivity contribution >= 4 is 0 Å². The number of rotatable bonds is 5. The summed E-state index contributed by atoms with van der Waals surface area (Å²) in [6, 6.07) is 9.84. The van der Waals surface area contributed by atoms with Gasteiger partial charge in [-0.15, -0.1) is 0 Å². The van der Waals surface area contributed by atoms with Gasteiger partial charge in [-0.25, -0.2) is 0 Å². The van der Waals surface area contributed by atoms with Gasteiger partial charge < -0.3 is 10.4 Å². The molecule has 2 rings (SSSR count). The van der Waals surface area contributed by atoms with Gasteiger partial charge in [0.05, 0.1) is 5.60 Å². The zero-order chi connectivity index (χ0) is 10.7. The second-order valence-electron chi connectivity index (χ2n) is 4.71. The molecule has 1 atom stereocenters. The maximum Gasteiger partial charge on any atom is 0.0992 e. The molecule has 15 heavy (non-hydrogen) atoms. The van der Waals surface area contributed by atoms with Crippen LogP contribution in [0.25, 0.3) is 0 Å². The normalized spacial score (nSPS) is 19.9. The van der Waals surface area contributed by atoms with Crippen LogP contribution in [0.1, 0.15) is 25.3 Å². The molecule has 1 aliphatic rings. The minimum Gasteiger partial charge on any atom is -0.384 e. The predicted octanol–water partition coefficient (Wildman–Crippen LogP) is 1.89. The predicted molar refractivity (Wildman–Crippen MR) is 61.6 cm³/mol. The Labute approximate surface area is 91.3 Å². The molecular weight excluding hydrogens is 186 g/mol. The van der Waals surface area contributed by atoms with Gasteiger partial charge in [-0.2, -0.15) is 0 Å². The Kier molecular flexibility index (Phi) is 3.08. The van der Waals surface area contributed by atoms with Gasteiger partial charge in [0, 0.05) is 6.54 Å². The Balaban J connectivity index is 1.87. The van der Waals surface area contributed by atoms with Crippen LogP contribution in [0.2, 0.25) is 0 Å². The SMILES string of the molecule is CC(O)(CNCC1CC1)c1ccccc1. The maximum atomic E-state index is 10.3. The molecule has 1 saturated carbocycles. The number of nitrogens with one attached hydrogen (secondary N) is 1. The first kappa shape index (κ1) is 10.7. The molecule has 82 valence electrons. The Bertz CT molecular complexity index is 304. The molecule has 0 heterocycles. The van der Waals surface area contributed by atoms with Crippen LogP contribution in [0.3, 0.4) is 0 Å². The van der Waals surface area contributed by atoms with Crippen LogP contribution in [0.15, 0.2) is 30.3 Å². The van der Waals surface area contributed by atoms with Gasteiger partial charge in [0.15, 0.2) is 0 Å². The van der Waals surface area contributed by atoms with Crippen LogP contribution in [-0.4, -0.2) is 18.2 Å². The second-order valence-corrected chi connectivity index (χ2v) is 4.71. The third-order valence-corrected chi connectivity index (χ3v) is 2.99. The van der Waals surface area contributed by atoms with Gasteiger partial charge in [0.25, 0.3) is 0 Å². The highest BCUT2D eigenvalue weighted by molar-refractivity contribution is 5.21. The lowest BCUT2D eigenvalue weighted by Crippen LogP contribution is -2.36. The molecule has 0 amide bonds. The van der Waals surface area contributed by atoms with Crippen LogP contribution in [-0.2, 0) is 5.60 Å². The molecule has 0 aromatic heterocycles. The van der Waals surface area contributed by atoms with E-state index < -0.39 is 5.60 Å². The zero-order valence-electron chi connectivity index (χ0n) is 9.24. The summed E-state index contributed by atoms with van der Waals surface area (Å²) in [7, 11) is 0. The summed E-state index contributed by atoms with van der Waals surface area (Å²) in [5.74, 6) is 0.858. The summed E-state index contributed by atoms with van der Waals surface area (Å²) in [5.41, 5.74) is 0.226. The lowest BCUT2D eigenvalue weighted by Gasteiger charge is -2.24. The third-order valence-electron chi connectivity index (χ3n) is 2.99. The van der Waals surface area contributed by atoms with Crippen molar-refractivity contribution in [3.63, 3.8) is 0 Å². The van der Waals surface area contributed by atoms with E-state index in [0.717, 1.165) is 18.0 Å². The number of benzene rings is 1. The van der Waals surface area contributed by atoms with Crippen molar-refractivity contribution in [3.05, 3.63) is 35.9 Å². The van der Waals surface area contributed by atoms with Gasteiger partial charge in [-0.05, 0) is 37.8 Å². The molecule has 0 saturated heterocycles. The molecule has 0 aliphatic heterocycles. The quantitative estimate of drug-likeness (QED) is 0.769. The highest BCUT2D eigenvalue weighted by Gasteiger charge is 2.25. The van der Waals surface area contributed by atoms with E-state index in [1.165, 1.54) is 12.8 Å². The van der Waals surface area contributed by atoms with E-state index in [4.69, 9.17) is 0 Å². The average Bonchev–Trinajstić information content (AvgIpc) is 3.03. The van der Waals surface area contributed by atoms with Crippen LogP contribution >= 0.6 is 0 Å². The summed E-state index contributed by atoms with van der Waals surface area (Å²) in [6.07, 6.45) is 2.70. The molecule has 2 N–H and O–H groups in total. The molecule has 0 radical (unpaired) electrons. The number of hydrogen-bond donors (Lipinski definition) is 2. The minimum atomic E-state index is -0.754. The first-order valence-electron chi connectivity index (χ1n) is 5.67. The first-order valence-corrected chi connectivity index (χ1v) is 5.67. The topological polar surface area (TPSA) is 32.3 Å². The molecule has 0 spiro atoms. The van der Waals surface area contributed by atoms with Crippen LogP contribution < -0.4 is 5.32 Å². The number of hydrogen-bond acceptors (Lipinski definition) is 2. The Morgan fingerprint density at radius 3 is 2.60 bits per heavy atom. The maximum absolute atomic E-state index is 10.3. The van der Waals surface area contributed by atoms with Gasteiger partial charge in [-0.3, -0.25) is 0 Å². The molecule has 2 heteroatoms. The summed E-state index contributed by atoms with van der Waals surface area (Å²) < 4.78 is 0. The standard InChI is InChI=1S/C13H19NO/c1-13(15,10-14-9-11-7-8-11)12-5-3-2-4-6-12/h2-6,11,14-15H,7-10H2,1H3. The van der Waals surface area contributed by atoms with Gasteiger partial charge >= 0.3 is 0 Å². The van der Waals surface area contributed by atoms with Gasteiger partial charge in [0.2, 0.25) is 0 Å². The zero-order valence-corrected chi connectivity index (χ0v) is 9.24. The fourth-order valence-corrected chi connectivity index (χ4v) is 1.74. The van der Waals surface area contributed by atoms with E-state index in [2.05, 4.69) is 5.32 Å². The van der Waals surface area contributed by atoms with Gasteiger partial charge in [0.1, 0.15) is 0 Å². The highest BCUT2D eigenvalue weighted by Crippen LogP contribution is 2.28. The monoisotopic (exact) mass is 205 g/mol. The smallest absolute Gasteiger partial charge is 0.0992 e. The van der Waals surface area contributed by atoms with Crippen LogP contribution in [0.5, 0.6) is 0 Å². The van der Waals surface area contributed by atoms with E-state index in [1.54, 1.807) is 0 Å². The van der Waals surface area contributed by atoms with Crippen molar-refractivity contribution < 1.29 is 5.11 Å². The lowest BCUT2D eigenvalue weighted by molar-refractivity contribution is 0.0569. The van der Waals surface area contributed by atoms with Crippen molar-refractivity contribution in [2.45, 2.75) is 25.4 Å². The molecule has 1 fully saturated rings. The fourth-order valence-electron chi connectivity index (χ4n) is 1.74. The van der Waals surface area contributed by atoms with E-state index >= 15 is 0 Å². The second kappa shape index (κ2) is 4.33. The van der Waals surface area contributed by atoms with E-state index in [1.807, 2.05) is 37.3 Å². The van der Waals surface area contributed by atoms with Crippen molar-refractivity contribution in [2.24, 2.45) is 5.92 Å². The van der Waals surface area contributed by atoms with Crippen molar-refractivity contribution in [1.29, 1.82) is 0 Å². The van der Waals surface area contributed by atoms with E-state index in [9.17, 15) is 5.11 Å². The summed E-state index contributed by atoms with van der Waals surface area (Å²) in [4.78, 5) is 0. The largest absolute Gasteiger partial charge is 0.384 e. The van der Waals surface area contributed by atoms with Crippen molar-refractivity contribution in [1.82, 2.24) is 5.32 Å². The van der Waals surface area contributed by atoms with Gasteiger partial charge in [-0.1, -0.05) is 30.3 Å². The Morgan fingerprint density at radius 1 is 1.33 bits per heavy atom. The molecular formula is C13H19NO. The third kappa shape index (κ3) is 3.05. The molecule has 1 aromatic rings. The Hall–Kier alpha value is -0.860. The van der Waals surface area contributed by atoms with Crippen molar-refractivity contribution in [3.8, 4) is 0 Å². The number of aliphatic hydroxyl groups is 1. The first-order chi connectivity index (χ1) is 7.18.